The predicted molar refractivity (Wildman–Crippen MR) is 88.7 cm³/mol. The summed E-state index contributed by atoms with van der Waals surface area (Å²) in [6.45, 7) is 7.80. The summed E-state index contributed by atoms with van der Waals surface area (Å²) in [5, 5.41) is 9.86. The van der Waals surface area contributed by atoms with E-state index in [1.807, 2.05) is 13.8 Å². The van der Waals surface area contributed by atoms with Gasteiger partial charge in [-0.2, -0.15) is 10.3 Å². The highest BCUT2D eigenvalue weighted by Crippen LogP contribution is 2.40. The predicted octanol–water partition coefficient (Wildman–Crippen LogP) is 2.60. The van der Waals surface area contributed by atoms with E-state index in [0.717, 1.165) is 41.5 Å². The Hall–Kier alpha value is -1.45. The summed E-state index contributed by atoms with van der Waals surface area (Å²) in [5.41, 5.74) is 1.08. The SMILES string of the molecule is CC1=C(C)C2C(=O)N=C(C(C)N3CCC(C#N)CC3)N=C2S1. The first-order chi connectivity index (χ1) is 10.5. The van der Waals surface area contributed by atoms with Gasteiger partial charge in [0.05, 0.1) is 17.2 Å². The van der Waals surface area contributed by atoms with E-state index in [9.17, 15) is 4.79 Å². The number of fused-ring (bicyclic) bond motifs is 1. The van der Waals surface area contributed by atoms with Crippen molar-refractivity contribution >= 4 is 28.5 Å². The number of amidine groups is 1. The molecular weight excluding hydrogens is 296 g/mol. The minimum absolute atomic E-state index is 0.0267. The fraction of sp³-hybridized carbons (Fsp3) is 0.625. The van der Waals surface area contributed by atoms with Crippen LogP contribution in [0.2, 0.25) is 0 Å². The van der Waals surface area contributed by atoms with Crippen LogP contribution in [-0.2, 0) is 4.79 Å². The molecule has 1 fully saturated rings. The second kappa shape index (κ2) is 5.98. The lowest BCUT2D eigenvalue weighted by Crippen LogP contribution is -2.45. The van der Waals surface area contributed by atoms with Crippen LogP contribution >= 0.6 is 11.8 Å². The van der Waals surface area contributed by atoms with Crippen LogP contribution in [0.4, 0.5) is 0 Å². The normalized spacial score (nSPS) is 28.1. The number of hydrogen-bond acceptors (Lipinski definition) is 5. The average Bonchev–Trinajstić information content (AvgIpc) is 2.81. The first-order valence-electron chi connectivity index (χ1n) is 7.71. The zero-order valence-corrected chi connectivity index (χ0v) is 14.0. The number of thioether (sulfide) groups is 1. The lowest BCUT2D eigenvalue weighted by atomic mass is 9.97. The van der Waals surface area contributed by atoms with Crippen LogP contribution in [0.3, 0.4) is 0 Å². The van der Waals surface area contributed by atoms with Gasteiger partial charge in [0.15, 0.2) is 0 Å². The smallest absolute Gasteiger partial charge is 0.261 e. The van der Waals surface area contributed by atoms with Crippen LogP contribution in [-0.4, -0.2) is 40.8 Å². The maximum Gasteiger partial charge on any atom is 0.261 e. The van der Waals surface area contributed by atoms with E-state index < -0.39 is 0 Å². The number of carbonyl (C=O) groups is 1. The second-order valence-electron chi connectivity index (χ2n) is 6.15. The van der Waals surface area contributed by atoms with Crippen molar-refractivity contribution < 1.29 is 4.79 Å². The van der Waals surface area contributed by atoms with Gasteiger partial charge in [0.1, 0.15) is 11.8 Å². The van der Waals surface area contributed by atoms with Crippen molar-refractivity contribution in [2.45, 2.75) is 39.7 Å². The summed E-state index contributed by atoms with van der Waals surface area (Å²) >= 11 is 1.60. The fourth-order valence-electron chi connectivity index (χ4n) is 3.14. The summed E-state index contributed by atoms with van der Waals surface area (Å²) in [7, 11) is 0. The molecule has 116 valence electrons. The highest BCUT2D eigenvalue weighted by Gasteiger charge is 2.38. The topological polar surface area (TPSA) is 68.8 Å². The van der Waals surface area contributed by atoms with Crippen molar-refractivity contribution in [3.8, 4) is 6.07 Å². The van der Waals surface area contributed by atoms with Gasteiger partial charge in [-0.05, 0) is 44.1 Å². The van der Waals surface area contributed by atoms with Gasteiger partial charge in [-0.25, -0.2) is 4.99 Å². The highest BCUT2D eigenvalue weighted by atomic mass is 32.2. The van der Waals surface area contributed by atoms with Crippen LogP contribution in [0.1, 0.15) is 33.6 Å². The number of amides is 1. The van der Waals surface area contributed by atoms with Gasteiger partial charge < -0.3 is 0 Å². The number of allylic oxidation sites excluding steroid dienone is 1. The summed E-state index contributed by atoms with van der Waals surface area (Å²) in [4.78, 5) is 24.7. The minimum atomic E-state index is -0.245. The molecule has 0 spiro atoms. The molecule has 0 aliphatic carbocycles. The second-order valence-corrected chi connectivity index (χ2v) is 7.38. The standard InChI is InChI=1S/C16H20N4OS/c1-9-11(3)22-16-13(9)15(21)18-14(19-16)10(2)20-6-4-12(8-17)5-7-20/h10,12-13H,4-7H2,1-3H3. The first-order valence-corrected chi connectivity index (χ1v) is 8.52. The molecule has 3 aliphatic rings. The summed E-state index contributed by atoms with van der Waals surface area (Å²) in [5.74, 6) is 0.460. The van der Waals surface area contributed by atoms with Crippen LogP contribution in [0.5, 0.6) is 0 Å². The van der Waals surface area contributed by atoms with E-state index in [2.05, 4.69) is 27.9 Å². The van der Waals surface area contributed by atoms with Gasteiger partial charge in [-0.1, -0.05) is 11.8 Å². The van der Waals surface area contributed by atoms with E-state index in [4.69, 9.17) is 5.26 Å². The molecular formula is C16H20N4OS. The highest BCUT2D eigenvalue weighted by molar-refractivity contribution is 8.17. The number of likely N-dealkylation sites (tertiary alicyclic amines) is 1. The van der Waals surface area contributed by atoms with Crippen LogP contribution in [0, 0.1) is 23.2 Å². The van der Waals surface area contributed by atoms with Gasteiger partial charge in [-0.15, -0.1) is 0 Å². The molecule has 0 saturated carbocycles. The third-order valence-corrected chi connectivity index (χ3v) is 5.99. The molecule has 0 aromatic heterocycles. The van der Waals surface area contributed by atoms with E-state index in [0.29, 0.717) is 5.84 Å². The maximum absolute atomic E-state index is 12.4. The molecule has 0 aromatic rings. The summed E-state index contributed by atoms with van der Waals surface area (Å²) in [6.07, 6.45) is 1.77. The zero-order valence-electron chi connectivity index (χ0n) is 13.2. The first kappa shape index (κ1) is 15.4. The van der Waals surface area contributed by atoms with Gasteiger partial charge >= 0.3 is 0 Å². The zero-order chi connectivity index (χ0) is 15.9. The van der Waals surface area contributed by atoms with E-state index >= 15 is 0 Å². The minimum Gasteiger partial charge on any atom is -0.294 e. The lowest BCUT2D eigenvalue weighted by Gasteiger charge is -2.34. The fourth-order valence-corrected chi connectivity index (χ4v) is 4.27. The third-order valence-electron chi connectivity index (χ3n) is 4.82. The van der Waals surface area contributed by atoms with Crippen molar-refractivity contribution in [3.63, 3.8) is 0 Å². The molecule has 0 radical (unpaired) electrons. The number of rotatable bonds is 2. The summed E-state index contributed by atoms with van der Waals surface area (Å²) in [6, 6.07) is 2.37. The molecule has 0 aromatic carbocycles. The number of nitrogens with zero attached hydrogens (tertiary/aromatic N) is 4. The molecule has 3 rings (SSSR count). The number of hydrogen-bond donors (Lipinski definition) is 0. The molecule has 2 unspecified atom stereocenters. The van der Waals surface area contributed by atoms with Crippen molar-refractivity contribution in [2.24, 2.45) is 21.8 Å². The van der Waals surface area contributed by atoms with Crippen molar-refractivity contribution in [2.75, 3.05) is 13.1 Å². The van der Waals surface area contributed by atoms with Crippen LogP contribution < -0.4 is 0 Å². The van der Waals surface area contributed by atoms with Gasteiger partial charge in [0.2, 0.25) is 0 Å². The average molecular weight is 316 g/mol. The van der Waals surface area contributed by atoms with Crippen LogP contribution in [0.25, 0.3) is 0 Å². The van der Waals surface area contributed by atoms with Crippen molar-refractivity contribution in [1.82, 2.24) is 4.90 Å². The Labute approximate surface area is 135 Å². The third kappa shape index (κ3) is 2.64. The Morgan fingerprint density at radius 1 is 1.32 bits per heavy atom. The summed E-state index contributed by atoms with van der Waals surface area (Å²) < 4.78 is 0. The van der Waals surface area contributed by atoms with Gasteiger partial charge in [0.25, 0.3) is 5.91 Å². The molecule has 6 heteroatoms. The van der Waals surface area contributed by atoms with E-state index in [-0.39, 0.29) is 23.8 Å². The molecule has 5 nitrogen and oxygen atoms in total. The number of aliphatic imine (C=N–C) groups is 2. The molecule has 1 amide bonds. The molecule has 1 saturated heterocycles. The van der Waals surface area contributed by atoms with Crippen molar-refractivity contribution in [3.05, 3.63) is 10.5 Å². The van der Waals surface area contributed by atoms with Gasteiger partial charge in [-0.3, -0.25) is 9.69 Å². The van der Waals surface area contributed by atoms with E-state index in [1.54, 1.807) is 11.8 Å². The quantitative estimate of drug-likeness (QED) is 0.785. The molecule has 0 N–H and O–H groups in total. The molecule has 3 heterocycles. The Morgan fingerprint density at radius 2 is 2.00 bits per heavy atom. The number of piperidine rings is 1. The maximum atomic E-state index is 12.4. The largest absolute Gasteiger partial charge is 0.294 e. The number of carbonyl (C=O) groups excluding carboxylic acids is 1. The van der Waals surface area contributed by atoms with Gasteiger partial charge in [0, 0.05) is 19.0 Å². The molecule has 22 heavy (non-hydrogen) atoms. The monoisotopic (exact) mass is 316 g/mol. The van der Waals surface area contributed by atoms with E-state index in [1.165, 1.54) is 0 Å². The Kier molecular flexibility index (Phi) is 4.20. The molecule has 3 aliphatic heterocycles. The molecule has 0 bridgehead atoms. The Morgan fingerprint density at radius 3 is 2.64 bits per heavy atom. The number of nitriles is 1. The Balaban J connectivity index is 1.74. The molecule has 2 atom stereocenters. The van der Waals surface area contributed by atoms with Crippen LogP contribution in [0.15, 0.2) is 20.5 Å². The lowest BCUT2D eigenvalue weighted by molar-refractivity contribution is -0.118. The Bertz CT molecular complexity index is 635. The van der Waals surface area contributed by atoms with Crippen molar-refractivity contribution in [1.29, 1.82) is 5.26 Å².